The van der Waals surface area contributed by atoms with E-state index in [4.69, 9.17) is 18.6 Å². The fraction of sp³-hybridized carbons (Fsp3) is 0.458. The first-order chi connectivity index (χ1) is 16.4. The van der Waals surface area contributed by atoms with E-state index in [0.717, 1.165) is 12.8 Å². The summed E-state index contributed by atoms with van der Waals surface area (Å²) in [6.45, 7) is 4.44. The first kappa shape index (κ1) is 23.7. The normalized spacial score (nSPS) is 15.6. The van der Waals surface area contributed by atoms with E-state index >= 15 is 4.39 Å². The zero-order chi connectivity index (χ0) is 24.2. The Hall–Kier alpha value is -3.40. The molecule has 0 spiro atoms. The van der Waals surface area contributed by atoms with Gasteiger partial charge in [0.25, 0.3) is 0 Å². The summed E-state index contributed by atoms with van der Waals surface area (Å²) in [6.07, 6.45) is 5.03. The summed E-state index contributed by atoms with van der Waals surface area (Å²) >= 11 is 0. The number of esters is 1. The number of nitrogens with zero attached hydrogens (tertiary/aromatic N) is 3. The number of amides is 1. The number of aryl methyl sites for hydroxylation is 1. The molecular formula is C24H28FN3O6. The first-order valence-electron chi connectivity index (χ1n) is 11.4. The number of furan rings is 1. The highest BCUT2D eigenvalue weighted by molar-refractivity contribution is 6.10. The third-order valence-corrected chi connectivity index (χ3v) is 5.67. The number of rotatable bonds is 8. The van der Waals surface area contributed by atoms with Gasteiger partial charge in [-0.1, -0.05) is 0 Å². The van der Waals surface area contributed by atoms with Crippen LogP contribution in [0.5, 0.6) is 0 Å². The van der Waals surface area contributed by atoms with Gasteiger partial charge >= 0.3 is 12.1 Å². The third-order valence-electron chi connectivity index (χ3n) is 5.67. The zero-order valence-corrected chi connectivity index (χ0v) is 19.5. The van der Waals surface area contributed by atoms with E-state index in [9.17, 15) is 9.59 Å². The minimum absolute atomic E-state index is 0.0103. The minimum Gasteiger partial charge on any atom is -0.460 e. The predicted octanol–water partition coefficient (Wildman–Crippen LogP) is 4.68. The fourth-order valence-electron chi connectivity index (χ4n) is 4.13. The number of benzene rings is 1. The van der Waals surface area contributed by atoms with Gasteiger partial charge in [-0.25, -0.2) is 14.0 Å². The molecule has 1 aliphatic heterocycles. The average Bonchev–Trinajstić information content (AvgIpc) is 3.55. The molecule has 1 aliphatic rings. The van der Waals surface area contributed by atoms with Crippen molar-refractivity contribution in [2.24, 2.45) is 7.05 Å². The van der Waals surface area contributed by atoms with E-state index in [0.29, 0.717) is 24.2 Å². The number of hydrogen-bond donors (Lipinski definition) is 0. The van der Waals surface area contributed by atoms with Gasteiger partial charge in [0.05, 0.1) is 25.5 Å². The Kier molecular flexibility index (Phi) is 7.16. The van der Waals surface area contributed by atoms with Crippen molar-refractivity contribution in [2.75, 3.05) is 31.3 Å². The van der Waals surface area contributed by atoms with Crippen LogP contribution in [0.25, 0.3) is 22.1 Å². The van der Waals surface area contributed by atoms with Gasteiger partial charge in [-0.2, -0.15) is 5.10 Å². The van der Waals surface area contributed by atoms with E-state index in [1.807, 2.05) is 0 Å². The summed E-state index contributed by atoms with van der Waals surface area (Å²) < 4.78 is 38.6. The third kappa shape index (κ3) is 4.77. The molecule has 1 saturated heterocycles. The monoisotopic (exact) mass is 473 g/mol. The largest absolute Gasteiger partial charge is 0.460 e. The highest BCUT2D eigenvalue weighted by Crippen LogP contribution is 2.39. The van der Waals surface area contributed by atoms with Crippen LogP contribution < -0.4 is 4.90 Å². The Balaban J connectivity index is 1.86. The van der Waals surface area contributed by atoms with Crippen molar-refractivity contribution in [1.82, 2.24) is 9.78 Å². The van der Waals surface area contributed by atoms with E-state index in [1.165, 1.54) is 11.0 Å². The quantitative estimate of drug-likeness (QED) is 0.438. The van der Waals surface area contributed by atoms with Crippen molar-refractivity contribution in [3.8, 4) is 11.1 Å². The molecule has 0 radical (unpaired) electrons. The maximum Gasteiger partial charge on any atom is 0.414 e. The molecule has 0 bridgehead atoms. The molecule has 10 heteroatoms. The number of carbonyl (C=O) groups is 2. The summed E-state index contributed by atoms with van der Waals surface area (Å²) in [5.41, 5.74) is 1.18. The van der Waals surface area contributed by atoms with Crippen LogP contribution in [-0.2, 0) is 21.3 Å². The molecule has 3 aromatic rings. The summed E-state index contributed by atoms with van der Waals surface area (Å²) in [5.74, 6) is -1.71. The van der Waals surface area contributed by atoms with Crippen LogP contribution in [-0.4, -0.2) is 54.3 Å². The number of ether oxygens (including phenoxy) is 3. The van der Waals surface area contributed by atoms with E-state index < -0.39 is 17.9 Å². The Labute approximate surface area is 196 Å². The lowest BCUT2D eigenvalue weighted by atomic mass is 10.1. The summed E-state index contributed by atoms with van der Waals surface area (Å²) in [7, 11) is 1.76. The van der Waals surface area contributed by atoms with Gasteiger partial charge in [0.1, 0.15) is 5.69 Å². The second kappa shape index (κ2) is 10.3. The summed E-state index contributed by atoms with van der Waals surface area (Å²) in [4.78, 5) is 27.1. The number of hydrogen-bond acceptors (Lipinski definition) is 7. The van der Waals surface area contributed by atoms with E-state index in [1.54, 1.807) is 44.0 Å². The molecule has 9 nitrogen and oxygen atoms in total. The fourth-order valence-corrected chi connectivity index (χ4v) is 4.13. The van der Waals surface area contributed by atoms with E-state index in [-0.39, 0.29) is 48.3 Å². The molecule has 0 aliphatic carbocycles. The van der Waals surface area contributed by atoms with Crippen molar-refractivity contribution in [1.29, 1.82) is 0 Å². The number of fused-ring (bicyclic) bond motifs is 1. The molecule has 2 aromatic heterocycles. The molecule has 3 heterocycles. The molecule has 1 amide bonds. The van der Waals surface area contributed by atoms with E-state index in [2.05, 4.69) is 5.10 Å². The average molecular weight is 474 g/mol. The van der Waals surface area contributed by atoms with Gasteiger partial charge in [0.2, 0.25) is 5.76 Å². The van der Waals surface area contributed by atoms with Crippen molar-refractivity contribution in [3.63, 3.8) is 0 Å². The van der Waals surface area contributed by atoms with Crippen LogP contribution in [0.3, 0.4) is 0 Å². The summed E-state index contributed by atoms with van der Waals surface area (Å²) in [6, 6.07) is 2.98. The molecule has 182 valence electrons. The number of halogens is 1. The Morgan fingerprint density at radius 1 is 1.24 bits per heavy atom. The Bertz CT molecular complexity index is 1180. The number of carbonyl (C=O) groups excluding carboxylic acids is 2. The van der Waals surface area contributed by atoms with Crippen molar-refractivity contribution >= 4 is 28.7 Å². The van der Waals surface area contributed by atoms with Crippen LogP contribution in [0.15, 0.2) is 28.9 Å². The minimum atomic E-state index is -0.789. The second-order valence-corrected chi connectivity index (χ2v) is 8.01. The molecule has 4 rings (SSSR count). The standard InChI is InChI=1S/C24H28FN3O6/c1-4-31-23(29)22-20(28(24(30)32-5-2)9-8-17-7-6-10-33-17)18-11-15(12-19(25)21(18)34-22)16-13-26-27(3)14-16/h11-14,17H,4-10H2,1-3H3. The van der Waals surface area contributed by atoms with Gasteiger partial charge in [-0.15, -0.1) is 0 Å². The van der Waals surface area contributed by atoms with Crippen molar-refractivity contribution in [2.45, 2.75) is 39.2 Å². The Morgan fingerprint density at radius 2 is 2.03 bits per heavy atom. The lowest BCUT2D eigenvalue weighted by Crippen LogP contribution is -2.35. The van der Waals surface area contributed by atoms with Gasteiger partial charge in [-0.05, 0) is 50.8 Å². The van der Waals surface area contributed by atoms with Crippen LogP contribution in [0.4, 0.5) is 14.9 Å². The first-order valence-corrected chi connectivity index (χ1v) is 11.4. The van der Waals surface area contributed by atoms with Crippen LogP contribution in [0.1, 0.15) is 43.7 Å². The smallest absolute Gasteiger partial charge is 0.414 e. The van der Waals surface area contributed by atoms with Crippen LogP contribution in [0, 0.1) is 5.82 Å². The van der Waals surface area contributed by atoms with Crippen LogP contribution in [0.2, 0.25) is 0 Å². The molecule has 0 saturated carbocycles. The lowest BCUT2D eigenvalue weighted by molar-refractivity contribution is 0.0493. The Morgan fingerprint density at radius 3 is 2.68 bits per heavy atom. The molecule has 0 N–H and O–H groups in total. The molecule has 1 fully saturated rings. The number of anilines is 1. The SMILES string of the molecule is CCOC(=O)c1oc2c(F)cc(-c3cnn(C)c3)cc2c1N(CCC1CCCO1)C(=O)OCC. The highest BCUT2D eigenvalue weighted by atomic mass is 19.1. The molecular weight excluding hydrogens is 445 g/mol. The van der Waals surface area contributed by atoms with Crippen molar-refractivity contribution in [3.05, 3.63) is 36.1 Å². The van der Waals surface area contributed by atoms with Crippen LogP contribution >= 0.6 is 0 Å². The van der Waals surface area contributed by atoms with Gasteiger partial charge in [0, 0.05) is 37.3 Å². The van der Waals surface area contributed by atoms with Gasteiger partial charge < -0.3 is 18.6 Å². The summed E-state index contributed by atoms with van der Waals surface area (Å²) in [5, 5.41) is 4.41. The second-order valence-electron chi connectivity index (χ2n) is 8.01. The van der Waals surface area contributed by atoms with Crippen molar-refractivity contribution < 1.29 is 32.6 Å². The molecule has 1 aromatic carbocycles. The highest BCUT2D eigenvalue weighted by Gasteiger charge is 2.32. The zero-order valence-electron chi connectivity index (χ0n) is 19.5. The molecule has 1 unspecified atom stereocenters. The maximum absolute atomic E-state index is 15.2. The maximum atomic E-state index is 15.2. The topological polar surface area (TPSA) is 96.0 Å². The molecule has 34 heavy (non-hydrogen) atoms. The van der Waals surface area contributed by atoms with Gasteiger partial charge in [-0.3, -0.25) is 9.58 Å². The lowest BCUT2D eigenvalue weighted by Gasteiger charge is -2.23. The predicted molar refractivity (Wildman–Crippen MR) is 122 cm³/mol. The van der Waals surface area contributed by atoms with Gasteiger partial charge in [0.15, 0.2) is 11.4 Å². The number of aromatic nitrogens is 2. The molecule has 1 atom stereocenters.